The Hall–Kier alpha value is -1.35. The molecule has 0 saturated heterocycles. The monoisotopic (exact) mass is 468 g/mol. The normalized spacial score (nSPS) is 11.1. The molecule has 0 radical (unpaired) electrons. The lowest BCUT2D eigenvalue weighted by atomic mass is 10.1. The van der Waals surface area contributed by atoms with Gasteiger partial charge in [-0.2, -0.15) is 0 Å². The Morgan fingerprint density at radius 3 is 2.47 bits per heavy atom. The summed E-state index contributed by atoms with van der Waals surface area (Å²) in [5, 5.41) is 2.72. The van der Waals surface area contributed by atoms with Crippen LogP contribution in [-0.2, 0) is 25.5 Å². The lowest BCUT2D eigenvalue weighted by molar-refractivity contribution is -0.145. The minimum Gasteiger partial charge on any atom is -0.463 e. The van der Waals surface area contributed by atoms with Gasteiger partial charge in [-0.25, -0.2) is 4.98 Å². The Morgan fingerprint density at radius 1 is 1.10 bits per heavy atom. The molecule has 0 unspecified atom stereocenters. The van der Waals surface area contributed by atoms with Gasteiger partial charge >= 0.3 is 5.97 Å². The highest BCUT2D eigenvalue weighted by Gasteiger charge is 2.14. The number of esters is 1. The number of rotatable bonds is 17. The number of nitrogens with two attached hydrogens (primary N) is 1. The van der Waals surface area contributed by atoms with Crippen molar-refractivity contribution in [3.05, 3.63) is 18.2 Å². The fourth-order valence-electron chi connectivity index (χ4n) is 2.72. The molecule has 0 aliphatic carbocycles. The Balaban J connectivity index is 0. The average molecular weight is 469 g/mol. The number of carbonyl (C=O) groups is 2. The standard InChI is InChI=1S/C20H36N4O4.2ClH/c1-2-3-4-5-6-7-8-9-19(25)28-13-12-27-11-10-23-20(26)18(21)14-17-15-22-16-24-17;;/h15-16,18H,2-14,21H2,1H3,(H,22,24)(H,23,26);2*1H/t18-;;/m0../s1. The SMILES string of the molecule is CCCCCCCCCC(=O)OCCOCCNC(=O)[C@@H](N)Cc1cnc[nH]1.Cl.Cl. The molecule has 176 valence electrons. The maximum Gasteiger partial charge on any atom is 0.305 e. The van der Waals surface area contributed by atoms with E-state index in [-0.39, 0.29) is 43.3 Å². The smallest absolute Gasteiger partial charge is 0.305 e. The van der Waals surface area contributed by atoms with Crippen molar-refractivity contribution >= 4 is 36.7 Å². The molecule has 4 N–H and O–H groups in total. The zero-order valence-electron chi connectivity index (χ0n) is 17.9. The molecule has 0 aliphatic heterocycles. The number of aromatic nitrogens is 2. The highest BCUT2D eigenvalue weighted by atomic mass is 35.5. The summed E-state index contributed by atoms with van der Waals surface area (Å²) in [5.41, 5.74) is 6.64. The highest BCUT2D eigenvalue weighted by Crippen LogP contribution is 2.08. The summed E-state index contributed by atoms with van der Waals surface area (Å²) >= 11 is 0. The molecular formula is C20H38Cl2N4O4. The number of nitrogens with one attached hydrogen (secondary N) is 2. The third-order valence-electron chi connectivity index (χ3n) is 4.35. The first kappa shape index (κ1) is 30.8. The largest absolute Gasteiger partial charge is 0.463 e. The number of ether oxygens (including phenoxy) is 2. The minimum atomic E-state index is -0.631. The van der Waals surface area contributed by atoms with E-state index in [9.17, 15) is 9.59 Å². The molecule has 0 spiro atoms. The number of aromatic amines is 1. The van der Waals surface area contributed by atoms with Gasteiger partial charge in [-0.15, -0.1) is 24.8 Å². The number of carbonyl (C=O) groups excluding carboxylic acids is 2. The second kappa shape index (κ2) is 20.9. The van der Waals surface area contributed by atoms with E-state index in [4.69, 9.17) is 15.2 Å². The average Bonchev–Trinajstić information content (AvgIpc) is 3.19. The van der Waals surface area contributed by atoms with Crippen LogP contribution >= 0.6 is 24.8 Å². The van der Waals surface area contributed by atoms with Crippen LogP contribution < -0.4 is 11.1 Å². The molecule has 30 heavy (non-hydrogen) atoms. The maximum absolute atomic E-state index is 11.9. The van der Waals surface area contributed by atoms with Crippen LogP contribution in [0.1, 0.15) is 64.0 Å². The van der Waals surface area contributed by atoms with E-state index in [0.717, 1.165) is 18.5 Å². The number of halogens is 2. The number of nitrogens with zero attached hydrogens (tertiary/aromatic N) is 1. The zero-order valence-corrected chi connectivity index (χ0v) is 19.5. The van der Waals surface area contributed by atoms with Crippen molar-refractivity contribution in [2.24, 2.45) is 5.73 Å². The summed E-state index contributed by atoms with van der Waals surface area (Å²) in [5.74, 6) is -0.408. The Labute approximate surface area is 192 Å². The molecule has 1 rings (SSSR count). The zero-order chi connectivity index (χ0) is 20.5. The summed E-state index contributed by atoms with van der Waals surface area (Å²) in [6, 6.07) is -0.631. The fraction of sp³-hybridized carbons (Fsp3) is 0.750. The predicted octanol–water partition coefficient (Wildman–Crippen LogP) is 2.94. The van der Waals surface area contributed by atoms with Gasteiger partial charge in [0.1, 0.15) is 6.61 Å². The number of unbranched alkanes of at least 4 members (excludes halogenated alkanes) is 6. The van der Waals surface area contributed by atoms with Gasteiger partial charge in [-0.05, 0) is 6.42 Å². The first-order chi connectivity index (χ1) is 13.6. The van der Waals surface area contributed by atoms with Crippen LogP contribution in [-0.4, -0.2) is 54.3 Å². The van der Waals surface area contributed by atoms with Crippen LogP contribution in [0.5, 0.6) is 0 Å². The molecule has 1 atom stereocenters. The predicted molar refractivity (Wildman–Crippen MR) is 122 cm³/mol. The van der Waals surface area contributed by atoms with Gasteiger partial charge in [0.2, 0.25) is 5.91 Å². The summed E-state index contributed by atoms with van der Waals surface area (Å²) in [4.78, 5) is 30.3. The minimum absolute atomic E-state index is 0. The molecular weight excluding hydrogens is 431 g/mol. The van der Waals surface area contributed by atoms with E-state index in [1.807, 2.05) is 0 Å². The van der Waals surface area contributed by atoms with Gasteiger partial charge in [0.15, 0.2) is 0 Å². The van der Waals surface area contributed by atoms with Crippen LogP contribution in [0.25, 0.3) is 0 Å². The molecule has 0 aliphatic rings. The Bertz CT molecular complexity index is 533. The van der Waals surface area contributed by atoms with Crippen molar-refractivity contribution in [3.8, 4) is 0 Å². The molecule has 0 saturated carbocycles. The van der Waals surface area contributed by atoms with Crippen LogP contribution in [0.3, 0.4) is 0 Å². The topological polar surface area (TPSA) is 119 Å². The third-order valence-corrected chi connectivity index (χ3v) is 4.35. The van der Waals surface area contributed by atoms with E-state index in [0.29, 0.717) is 32.6 Å². The van der Waals surface area contributed by atoms with Gasteiger partial charge in [0.05, 0.1) is 25.6 Å². The molecule has 0 aromatic carbocycles. The summed E-state index contributed by atoms with van der Waals surface area (Å²) in [6.45, 7) is 3.47. The number of imidazole rings is 1. The van der Waals surface area contributed by atoms with Gasteiger partial charge in [-0.1, -0.05) is 45.4 Å². The Morgan fingerprint density at radius 2 is 1.80 bits per heavy atom. The van der Waals surface area contributed by atoms with Crippen molar-refractivity contribution in [3.63, 3.8) is 0 Å². The molecule has 1 heterocycles. The van der Waals surface area contributed by atoms with Crippen LogP contribution in [0.4, 0.5) is 0 Å². The van der Waals surface area contributed by atoms with E-state index in [1.165, 1.54) is 32.1 Å². The first-order valence-electron chi connectivity index (χ1n) is 10.4. The number of hydrogen-bond donors (Lipinski definition) is 3. The van der Waals surface area contributed by atoms with Gasteiger partial charge in [0, 0.05) is 31.3 Å². The summed E-state index contributed by atoms with van der Waals surface area (Å²) in [6.07, 6.45) is 12.3. The lowest BCUT2D eigenvalue weighted by Gasteiger charge is -2.11. The molecule has 1 aromatic heterocycles. The molecule has 1 amide bonds. The van der Waals surface area contributed by atoms with Crippen molar-refractivity contribution in [2.45, 2.75) is 70.8 Å². The van der Waals surface area contributed by atoms with Crippen molar-refractivity contribution in [1.82, 2.24) is 15.3 Å². The molecule has 0 bridgehead atoms. The van der Waals surface area contributed by atoms with Crippen LogP contribution in [0.2, 0.25) is 0 Å². The number of amides is 1. The van der Waals surface area contributed by atoms with E-state index < -0.39 is 6.04 Å². The number of hydrogen-bond acceptors (Lipinski definition) is 6. The third kappa shape index (κ3) is 16.4. The summed E-state index contributed by atoms with van der Waals surface area (Å²) in [7, 11) is 0. The highest BCUT2D eigenvalue weighted by molar-refractivity contribution is 5.85. The van der Waals surface area contributed by atoms with Crippen LogP contribution in [0, 0.1) is 0 Å². The Kier molecular flexibility index (Phi) is 21.5. The van der Waals surface area contributed by atoms with Crippen molar-refractivity contribution in [1.29, 1.82) is 0 Å². The second-order valence-electron chi connectivity index (χ2n) is 6.88. The van der Waals surface area contributed by atoms with Gasteiger partial charge in [0.25, 0.3) is 0 Å². The quantitative estimate of drug-likeness (QED) is 0.238. The summed E-state index contributed by atoms with van der Waals surface area (Å²) < 4.78 is 10.5. The van der Waals surface area contributed by atoms with Crippen molar-refractivity contribution < 1.29 is 19.1 Å². The van der Waals surface area contributed by atoms with Crippen LogP contribution in [0.15, 0.2) is 12.5 Å². The number of H-pyrrole nitrogens is 1. The molecule has 10 heteroatoms. The lowest BCUT2D eigenvalue weighted by Crippen LogP contribution is -2.43. The van der Waals surface area contributed by atoms with Gasteiger partial charge in [-0.3, -0.25) is 9.59 Å². The molecule has 1 aromatic rings. The maximum atomic E-state index is 11.9. The first-order valence-corrected chi connectivity index (χ1v) is 10.4. The second-order valence-corrected chi connectivity index (χ2v) is 6.88. The van der Waals surface area contributed by atoms with E-state index in [2.05, 4.69) is 22.2 Å². The fourth-order valence-corrected chi connectivity index (χ4v) is 2.72. The molecule has 8 nitrogen and oxygen atoms in total. The van der Waals surface area contributed by atoms with E-state index in [1.54, 1.807) is 12.5 Å². The van der Waals surface area contributed by atoms with Gasteiger partial charge < -0.3 is 25.5 Å². The van der Waals surface area contributed by atoms with E-state index >= 15 is 0 Å². The van der Waals surface area contributed by atoms with Crippen molar-refractivity contribution in [2.75, 3.05) is 26.4 Å². The molecule has 0 fully saturated rings.